The highest BCUT2D eigenvalue weighted by Gasteiger charge is 2.32. The average molecular weight is 408 g/mol. The molecule has 0 atom stereocenters. The lowest BCUT2D eigenvalue weighted by molar-refractivity contribution is -0.120. The van der Waals surface area contributed by atoms with Gasteiger partial charge in [-0.05, 0) is 38.8 Å². The summed E-state index contributed by atoms with van der Waals surface area (Å²) in [6.45, 7) is 3.79. The molecule has 1 amide bonds. The summed E-state index contributed by atoms with van der Waals surface area (Å²) < 4.78 is 27.1. The van der Waals surface area contributed by atoms with Gasteiger partial charge in [-0.25, -0.2) is 13.4 Å². The molecule has 2 aromatic rings. The second-order valence-corrected chi connectivity index (χ2v) is 9.34. The molecule has 0 bridgehead atoms. The van der Waals surface area contributed by atoms with Crippen molar-refractivity contribution in [2.24, 2.45) is 5.92 Å². The van der Waals surface area contributed by atoms with Gasteiger partial charge in [0.15, 0.2) is 10.9 Å². The SMILES string of the molecule is CC(=O)c1cccc(S(=O)(=O)N2CCC(C(=O)Nc3nc(C)cs3)CC2)c1. The van der Waals surface area contributed by atoms with Crippen molar-refractivity contribution in [1.82, 2.24) is 9.29 Å². The van der Waals surface area contributed by atoms with Crippen LogP contribution in [0.2, 0.25) is 0 Å². The van der Waals surface area contributed by atoms with Gasteiger partial charge in [0, 0.05) is 30.0 Å². The summed E-state index contributed by atoms with van der Waals surface area (Å²) in [5.74, 6) is -0.552. The Morgan fingerprint density at radius 2 is 1.96 bits per heavy atom. The molecule has 27 heavy (non-hydrogen) atoms. The van der Waals surface area contributed by atoms with Gasteiger partial charge in [-0.1, -0.05) is 12.1 Å². The molecule has 3 rings (SSSR count). The van der Waals surface area contributed by atoms with Crippen LogP contribution in [0.1, 0.15) is 35.8 Å². The van der Waals surface area contributed by atoms with Crippen molar-refractivity contribution in [3.05, 3.63) is 40.9 Å². The molecule has 1 N–H and O–H groups in total. The Hall–Kier alpha value is -2.10. The van der Waals surface area contributed by atoms with Crippen LogP contribution < -0.4 is 5.32 Å². The molecule has 0 saturated carbocycles. The van der Waals surface area contributed by atoms with Gasteiger partial charge in [0.05, 0.1) is 10.6 Å². The monoisotopic (exact) mass is 407 g/mol. The van der Waals surface area contributed by atoms with Crippen molar-refractivity contribution in [2.75, 3.05) is 18.4 Å². The van der Waals surface area contributed by atoms with E-state index in [-0.39, 0.29) is 35.6 Å². The number of ketones is 1. The number of anilines is 1. The second-order valence-electron chi connectivity index (χ2n) is 6.55. The van der Waals surface area contributed by atoms with E-state index in [1.54, 1.807) is 12.1 Å². The van der Waals surface area contributed by atoms with E-state index in [9.17, 15) is 18.0 Å². The van der Waals surface area contributed by atoms with Crippen molar-refractivity contribution in [1.29, 1.82) is 0 Å². The van der Waals surface area contributed by atoms with Crippen molar-refractivity contribution < 1.29 is 18.0 Å². The predicted molar refractivity (Wildman–Crippen MR) is 103 cm³/mol. The fourth-order valence-electron chi connectivity index (χ4n) is 3.00. The Morgan fingerprint density at radius 1 is 1.26 bits per heavy atom. The fourth-order valence-corrected chi connectivity index (χ4v) is 5.21. The Balaban J connectivity index is 1.65. The molecule has 1 aliphatic rings. The summed E-state index contributed by atoms with van der Waals surface area (Å²) in [6.07, 6.45) is 0.892. The van der Waals surface area contributed by atoms with Crippen molar-refractivity contribution in [3.63, 3.8) is 0 Å². The third kappa shape index (κ3) is 4.42. The first kappa shape index (κ1) is 19.7. The van der Waals surface area contributed by atoms with E-state index in [0.29, 0.717) is 23.5 Å². The van der Waals surface area contributed by atoms with E-state index < -0.39 is 10.0 Å². The number of hydrogen-bond donors (Lipinski definition) is 1. The molecule has 9 heteroatoms. The second kappa shape index (κ2) is 7.87. The Bertz CT molecular complexity index is 960. The lowest BCUT2D eigenvalue weighted by Gasteiger charge is -2.30. The number of benzene rings is 1. The number of nitrogens with one attached hydrogen (secondary N) is 1. The normalized spacial score (nSPS) is 16.2. The standard InChI is InChI=1S/C18H21N3O4S2/c1-12-11-26-18(19-12)20-17(23)14-6-8-21(9-7-14)27(24,25)16-5-3-4-15(10-16)13(2)22/h3-5,10-11,14H,6-9H2,1-2H3,(H,19,20,23). The molecule has 1 aromatic heterocycles. The zero-order valence-electron chi connectivity index (χ0n) is 15.1. The summed E-state index contributed by atoms with van der Waals surface area (Å²) in [5, 5.41) is 5.23. The minimum absolute atomic E-state index is 0.108. The van der Waals surface area contributed by atoms with Crippen LogP contribution in [0.3, 0.4) is 0 Å². The van der Waals surface area contributed by atoms with Gasteiger partial charge in [0.1, 0.15) is 0 Å². The first-order valence-electron chi connectivity index (χ1n) is 8.61. The van der Waals surface area contributed by atoms with E-state index in [1.807, 2.05) is 12.3 Å². The number of piperidine rings is 1. The number of aryl methyl sites for hydroxylation is 1. The lowest BCUT2D eigenvalue weighted by atomic mass is 9.97. The van der Waals surface area contributed by atoms with Crippen LogP contribution in [-0.4, -0.2) is 42.5 Å². The molecular weight excluding hydrogens is 386 g/mol. The van der Waals surface area contributed by atoms with Gasteiger partial charge in [0.25, 0.3) is 0 Å². The van der Waals surface area contributed by atoms with Gasteiger partial charge >= 0.3 is 0 Å². The summed E-state index contributed by atoms with van der Waals surface area (Å²) in [7, 11) is -3.68. The van der Waals surface area contributed by atoms with Gasteiger partial charge < -0.3 is 5.32 Å². The Kier molecular flexibility index (Phi) is 5.73. The zero-order valence-corrected chi connectivity index (χ0v) is 16.8. The fraction of sp³-hybridized carbons (Fsp3) is 0.389. The molecule has 2 heterocycles. The van der Waals surface area contributed by atoms with Gasteiger partial charge in [0.2, 0.25) is 15.9 Å². The van der Waals surface area contributed by atoms with Crippen LogP contribution in [-0.2, 0) is 14.8 Å². The first-order valence-corrected chi connectivity index (χ1v) is 10.9. The zero-order chi connectivity index (χ0) is 19.6. The molecule has 1 fully saturated rings. The maximum atomic E-state index is 12.8. The van der Waals surface area contributed by atoms with Crippen molar-refractivity contribution in [2.45, 2.75) is 31.6 Å². The molecule has 1 aromatic carbocycles. The Labute approximate surface area is 162 Å². The topological polar surface area (TPSA) is 96.4 Å². The van der Waals surface area contributed by atoms with E-state index in [4.69, 9.17) is 0 Å². The minimum Gasteiger partial charge on any atom is -0.302 e. The van der Waals surface area contributed by atoms with Crippen LogP contribution >= 0.6 is 11.3 Å². The van der Waals surface area contributed by atoms with Crippen LogP contribution in [0, 0.1) is 12.8 Å². The molecule has 1 aliphatic heterocycles. The molecule has 0 radical (unpaired) electrons. The number of thiazole rings is 1. The molecule has 144 valence electrons. The van der Waals surface area contributed by atoms with Crippen LogP contribution in [0.25, 0.3) is 0 Å². The predicted octanol–water partition coefficient (Wildman–Crippen LogP) is 2.69. The molecule has 1 saturated heterocycles. The molecule has 0 spiro atoms. The van der Waals surface area contributed by atoms with Gasteiger partial charge in [-0.15, -0.1) is 11.3 Å². The van der Waals surface area contributed by atoms with Gasteiger partial charge in [-0.3, -0.25) is 9.59 Å². The quantitative estimate of drug-likeness (QED) is 0.769. The van der Waals surface area contributed by atoms with E-state index in [0.717, 1.165) is 5.69 Å². The number of rotatable bonds is 5. The number of nitrogens with zero attached hydrogens (tertiary/aromatic N) is 2. The van der Waals surface area contributed by atoms with Crippen molar-refractivity contribution in [3.8, 4) is 0 Å². The Morgan fingerprint density at radius 3 is 2.56 bits per heavy atom. The van der Waals surface area contributed by atoms with E-state index in [2.05, 4.69) is 10.3 Å². The number of carbonyl (C=O) groups excluding carboxylic acids is 2. The first-order chi connectivity index (χ1) is 12.8. The maximum absolute atomic E-state index is 12.8. The van der Waals surface area contributed by atoms with Crippen molar-refractivity contribution >= 4 is 38.2 Å². The summed E-state index contributed by atoms with van der Waals surface area (Å²) in [5.41, 5.74) is 1.22. The van der Waals surface area contributed by atoms with Crippen LogP contribution in [0.5, 0.6) is 0 Å². The summed E-state index contributed by atoms with van der Waals surface area (Å²) in [6, 6.07) is 6.06. The summed E-state index contributed by atoms with van der Waals surface area (Å²) >= 11 is 1.37. The largest absolute Gasteiger partial charge is 0.302 e. The average Bonchev–Trinajstić information content (AvgIpc) is 3.06. The molecule has 0 unspecified atom stereocenters. The number of carbonyl (C=O) groups is 2. The third-order valence-corrected chi connectivity index (χ3v) is 7.32. The highest BCUT2D eigenvalue weighted by Crippen LogP contribution is 2.26. The summed E-state index contributed by atoms with van der Waals surface area (Å²) in [4.78, 5) is 28.2. The number of sulfonamides is 1. The minimum atomic E-state index is -3.68. The van der Waals surface area contributed by atoms with E-state index in [1.165, 1.54) is 34.7 Å². The van der Waals surface area contributed by atoms with Crippen LogP contribution in [0.15, 0.2) is 34.5 Å². The van der Waals surface area contributed by atoms with Gasteiger partial charge in [-0.2, -0.15) is 4.31 Å². The number of amides is 1. The number of Topliss-reactive ketones (excluding diaryl/α,β-unsaturated/α-hetero) is 1. The molecule has 0 aliphatic carbocycles. The maximum Gasteiger partial charge on any atom is 0.243 e. The number of aromatic nitrogens is 1. The third-order valence-electron chi connectivity index (χ3n) is 4.55. The van der Waals surface area contributed by atoms with E-state index >= 15 is 0 Å². The number of hydrogen-bond acceptors (Lipinski definition) is 6. The molecular formula is C18H21N3O4S2. The highest BCUT2D eigenvalue weighted by atomic mass is 32.2. The highest BCUT2D eigenvalue weighted by molar-refractivity contribution is 7.89. The van der Waals surface area contributed by atoms with Crippen LogP contribution in [0.4, 0.5) is 5.13 Å². The lowest BCUT2D eigenvalue weighted by Crippen LogP contribution is -2.41. The molecule has 7 nitrogen and oxygen atoms in total. The smallest absolute Gasteiger partial charge is 0.243 e.